The second-order valence-electron chi connectivity index (χ2n) is 8.24. The fourth-order valence-corrected chi connectivity index (χ4v) is 4.82. The molecule has 0 aliphatic heterocycles. The number of hydrogen-bond acceptors (Lipinski definition) is 3. The average molecular weight is 471 g/mol. The topological polar surface area (TPSA) is 75.3 Å². The predicted molar refractivity (Wildman–Crippen MR) is 137 cm³/mol. The van der Waals surface area contributed by atoms with Gasteiger partial charge in [0.15, 0.2) is 0 Å². The molecule has 0 saturated carbocycles. The van der Waals surface area contributed by atoms with Crippen molar-refractivity contribution in [2.24, 2.45) is 0 Å². The van der Waals surface area contributed by atoms with Gasteiger partial charge in [0.05, 0.1) is 17.0 Å². The predicted octanol–water partition coefficient (Wildman–Crippen LogP) is 5.95. The zero-order valence-electron chi connectivity index (χ0n) is 19.1. The Morgan fingerprint density at radius 3 is 2.06 bits per heavy atom. The maximum atomic E-state index is 12.7. The van der Waals surface area contributed by atoms with Crippen molar-refractivity contribution in [3.63, 3.8) is 0 Å². The molecule has 34 heavy (non-hydrogen) atoms. The van der Waals surface area contributed by atoms with Crippen LogP contribution in [0.2, 0.25) is 0 Å². The number of hydrogen-bond donors (Lipinski definition) is 2. The van der Waals surface area contributed by atoms with Gasteiger partial charge >= 0.3 is 0 Å². The molecular formula is C28H26N2O3S. The molecule has 0 unspecified atom stereocenters. The number of carbonyl (C=O) groups is 1. The standard InChI is InChI=1S/C28H26N2O3S/c1-20-8-17-27(21(2)18-20)30-34(32,33)26-15-13-25(14-16-26)29-28(31)19-22-9-11-24(12-10-22)23-6-4-3-5-7-23/h3-18,30H,19H2,1-2H3,(H,29,31). The van der Waals surface area contributed by atoms with Crippen molar-refractivity contribution in [1.82, 2.24) is 0 Å². The van der Waals surface area contributed by atoms with Gasteiger partial charge in [0.2, 0.25) is 5.91 Å². The molecule has 0 radical (unpaired) electrons. The molecule has 1 amide bonds. The van der Waals surface area contributed by atoms with E-state index in [4.69, 9.17) is 0 Å². The lowest BCUT2D eigenvalue weighted by molar-refractivity contribution is -0.115. The van der Waals surface area contributed by atoms with Crippen molar-refractivity contribution in [2.45, 2.75) is 25.2 Å². The average Bonchev–Trinajstić information content (AvgIpc) is 2.82. The molecule has 0 aliphatic rings. The van der Waals surface area contributed by atoms with Gasteiger partial charge in [-0.15, -0.1) is 0 Å². The summed E-state index contributed by atoms with van der Waals surface area (Å²) in [5, 5.41) is 2.83. The summed E-state index contributed by atoms with van der Waals surface area (Å²) in [6.07, 6.45) is 0.226. The number of anilines is 2. The van der Waals surface area contributed by atoms with Gasteiger partial charge in [-0.1, -0.05) is 72.3 Å². The van der Waals surface area contributed by atoms with Crippen LogP contribution in [0.5, 0.6) is 0 Å². The van der Waals surface area contributed by atoms with E-state index in [1.807, 2.05) is 80.6 Å². The summed E-state index contributed by atoms with van der Waals surface area (Å²) in [7, 11) is -3.73. The fraction of sp³-hybridized carbons (Fsp3) is 0.107. The SMILES string of the molecule is Cc1ccc(NS(=O)(=O)c2ccc(NC(=O)Cc3ccc(-c4ccccc4)cc3)cc2)c(C)c1. The Morgan fingerprint density at radius 2 is 1.41 bits per heavy atom. The third-order valence-electron chi connectivity index (χ3n) is 5.50. The first-order valence-corrected chi connectivity index (χ1v) is 12.4. The molecule has 4 aromatic carbocycles. The molecule has 0 bridgehead atoms. The fourth-order valence-electron chi connectivity index (χ4n) is 3.69. The van der Waals surface area contributed by atoms with Gasteiger partial charge in [0, 0.05) is 5.69 Å². The molecule has 4 aromatic rings. The number of nitrogens with one attached hydrogen (secondary N) is 2. The van der Waals surface area contributed by atoms with Crippen molar-refractivity contribution in [3.05, 3.63) is 114 Å². The Hall–Kier alpha value is -3.90. The molecule has 0 spiro atoms. The second kappa shape index (κ2) is 9.93. The van der Waals surface area contributed by atoms with Gasteiger partial charge in [-0.2, -0.15) is 0 Å². The van der Waals surface area contributed by atoms with Gasteiger partial charge in [0.25, 0.3) is 10.0 Å². The summed E-state index contributed by atoms with van der Waals surface area (Å²) in [4.78, 5) is 12.6. The smallest absolute Gasteiger partial charge is 0.261 e. The first kappa shape index (κ1) is 23.3. The zero-order chi connectivity index (χ0) is 24.1. The van der Waals surface area contributed by atoms with Gasteiger partial charge < -0.3 is 5.32 Å². The first-order chi connectivity index (χ1) is 16.3. The molecule has 0 aromatic heterocycles. The highest BCUT2D eigenvalue weighted by atomic mass is 32.2. The molecule has 0 heterocycles. The lowest BCUT2D eigenvalue weighted by atomic mass is 10.0. The molecule has 0 saturated heterocycles. The van der Waals surface area contributed by atoms with Gasteiger partial charge in [-0.25, -0.2) is 8.42 Å². The zero-order valence-corrected chi connectivity index (χ0v) is 19.9. The van der Waals surface area contributed by atoms with E-state index in [0.717, 1.165) is 27.8 Å². The van der Waals surface area contributed by atoms with Crippen molar-refractivity contribution in [2.75, 3.05) is 10.0 Å². The van der Waals surface area contributed by atoms with E-state index < -0.39 is 10.0 Å². The third kappa shape index (κ3) is 5.71. The third-order valence-corrected chi connectivity index (χ3v) is 6.88. The Bertz CT molecular complexity index is 1400. The lowest BCUT2D eigenvalue weighted by Gasteiger charge is -2.12. The Kier molecular flexibility index (Phi) is 6.80. The molecule has 0 fully saturated rings. The summed E-state index contributed by atoms with van der Waals surface area (Å²) in [6.45, 7) is 3.82. The number of rotatable bonds is 7. The molecule has 2 N–H and O–H groups in total. The van der Waals surface area contributed by atoms with E-state index in [1.54, 1.807) is 18.2 Å². The van der Waals surface area contributed by atoms with Crippen molar-refractivity contribution < 1.29 is 13.2 Å². The minimum absolute atomic E-state index is 0.127. The highest BCUT2D eigenvalue weighted by molar-refractivity contribution is 7.92. The van der Waals surface area contributed by atoms with E-state index in [0.29, 0.717) is 11.4 Å². The van der Waals surface area contributed by atoms with Crippen LogP contribution in [0, 0.1) is 13.8 Å². The Balaban J connectivity index is 1.38. The summed E-state index contributed by atoms with van der Waals surface area (Å²) < 4.78 is 28.1. The Morgan fingerprint density at radius 1 is 0.765 bits per heavy atom. The van der Waals surface area contributed by atoms with Crippen LogP contribution in [-0.2, 0) is 21.2 Å². The molecule has 0 aliphatic carbocycles. The molecule has 6 heteroatoms. The van der Waals surface area contributed by atoms with Crippen molar-refractivity contribution in [3.8, 4) is 11.1 Å². The van der Waals surface area contributed by atoms with E-state index in [1.165, 1.54) is 12.1 Å². The van der Waals surface area contributed by atoms with Crippen molar-refractivity contribution >= 4 is 27.3 Å². The maximum absolute atomic E-state index is 12.7. The van der Waals surface area contributed by atoms with E-state index in [-0.39, 0.29) is 17.2 Å². The molecular weight excluding hydrogens is 444 g/mol. The second-order valence-corrected chi connectivity index (χ2v) is 9.92. The number of aryl methyl sites for hydroxylation is 2. The highest BCUT2D eigenvalue weighted by Gasteiger charge is 2.15. The van der Waals surface area contributed by atoms with Crippen LogP contribution in [-0.4, -0.2) is 14.3 Å². The number of carbonyl (C=O) groups excluding carboxylic acids is 1. The summed E-state index contributed by atoms with van der Waals surface area (Å²) in [5.41, 5.74) is 6.11. The van der Waals surface area contributed by atoms with Crippen LogP contribution in [0.25, 0.3) is 11.1 Å². The van der Waals surface area contributed by atoms with Crippen LogP contribution in [0.1, 0.15) is 16.7 Å². The van der Waals surface area contributed by atoms with Gasteiger partial charge in [-0.3, -0.25) is 9.52 Å². The van der Waals surface area contributed by atoms with Crippen LogP contribution in [0.3, 0.4) is 0 Å². The molecule has 0 atom stereocenters. The largest absolute Gasteiger partial charge is 0.326 e. The van der Waals surface area contributed by atoms with Crippen LogP contribution in [0.15, 0.2) is 102 Å². The van der Waals surface area contributed by atoms with E-state index >= 15 is 0 Å². The van der Waals surface area contributed by atoms with Crippen LogP contribution >= 0.6 is 0 Å². The monoisotopic (exact) mass is 470 g/mol. The molecule has 5 nitrogen and oxygen atoms in total. The first-order valence-electron chi connectivity index (χ1n) is 10.9. The summed E-state index contributed by atoms with van der Waals surface area (Å²) in [5.74, 6) is -0.170. The minimum Gasteiger partial charge on any atom is -0.326 e. The van der Waals surface area contributed by atoms with Gasteiger partial charge in [-0.05, 0) is 66.4 Å². The lowest BCUT2D eigenvalue weighted by Crippen LogP contribution is -2.15. The van der Waals surface area contributed by atoms with E-state index in [9.17, 15) is 13.2 Å². The molecule has 4 rings (SSSR count). The number of sulfonamides is 1. The minimum atomic E-state index is -3.73. The van der Waals surface area contributed by atoms with E-state index in [2.05, 4.69) is 10.0 Å². The van der Waals surface area contributed by atoms with Crippen LogP contribution < -0.4 is 10.0 Å². The normalized spacial score (nSPS) is 11.1. The Labute approximate surface area is 200 Å². The highest BCUT2D eigenvalue weighted by Crippen LogP contribution is 2.22. The quantitative estimate of drug-likeness (QED) is 0.350. The maximum Gasteiger partial charge on any atom is 0.261 e. The number of amides is 1. The summed E-state index contributed by atoms with van der Waals surface area (Å²) in [6, 6.07) is 29.6. The van der Waals surface area contributed by atoms with Gasteiger partial charge in [0.1, 0.15) is 0 Å². The van der Waals surface area contributed by atoms with Crippen molar-refractivity contribution in [1.29, 1.82) is 0 Å². The number of benzene rings is 4. The summed E-state index contributed by atoms with van der Waals surface area (Å²) >= 11 is 0. The van der Waals surface area contributed by atoms with Crippen LogP contribution in [0.4, 0.5) is 11.4 Å². The molecule has 172 valence electrons.